The van der Waals surface area contributed by atoms with Crippen LogP contribution in [0.1, 0.15) is 24.0 Å². The van der Waals surface area contributed by atoms with E-state index in [1.165, 1.54) is 11.8 Å². The van der Waals surface area contributed by atoms with Crippen molar-refractivity contribution in [1.82, 2.24) is 16.0 Å². The van der Waals surface area contributed by atoms with Gasteiger partial charge in [-0.25, -0.2) is 4.79 Å². The van der Waals surface area contributed by atoms with Crippen LogP contribution in [0.4, 0.5) is 0 Å². The summed E-state index contributed by atoms with van der Waals surface area (Å²) in [5, 5.41) is 26.2. The fraction of sp³-hybridized carbons (Fsp3) is 0.370. The predicted octanol–water partition coefficient (Wildman–Crippen LogP) is 0.566. The number of nitrogens with two attached hydrogens (primary N) is 1. The summed E-state index contributed by atoms with van der Waals surface area (Å²) in [6.07, 6.45) is 1.50. The van der Waals surface area contributed by atoms with Crippen LogP contribution in [0.3, 0.4) is 0 Å². The Balaban J connectivity index is 2.29. The summed E-state index contributed by atoms with van der Waals surface area (Å²) in [4.78, 5) is 62.0. The molecule has 210 valence electrons. The van der Waals surface area contributed by atoms with Crippen molar-refractivity contribution in [3.05, 3.63) is 71.8 Å². The first kappa shape index (κ1) is 31.3. The molecule has 7 N–H and O–H groups in total. The Labute approximate surface area is 230 Å². The van der Waals surface area contributed by atoms with E-state index in [2.05, 4.69) is 16.0 Å². The van der Waals surface area contributed by atoms with E-state index in [1.54, 1.807) is 60.7 Å². The third-order valence-electron chi connectivity index (χ3n) is 5.79. The lowest BCUT2D eigenvalue weighted by Crippen LogP contribution is -2.58. The van der Waals surface area contributed by atoms with Crippen LogP contribution in [0, 0.1) is 0 Å². The van der Waals surface area contributed by atoms with Gasteiger partial charge in [0, 0.05) is 12.8 Å². The van der Waals surface area contributed by atoms with E-state index in [0.29, 0.717) is 11.3 Å². The summed E-state index contributed by atoms with van der Waals surface area (Å²) in [6.45, 7) is 0. The van der Waals surface area contributed by atoms with Crippen LogP contribution in [0.2, 0.25) is 0 Å². The topological polar surface area (TPSA) is 188 Å². The van der Waals surface area contributed by atoms with Crippen molar-refractivity contribution in [1.29, 1.82) is 0 Å². The number of nitrogens with one attached hydrogen (secondary N) is 3. The number of benzene rings is 2. The zero-order chi connectivity index (χ0) is 28.8. The highest BCUT2D eigenvalue weighted by molar-refractivity contribution is 7.98. The molecule has 39 heavy (non-hydrogen) atoms. The molecule has 0 saturated heterocycles. The number of carbonyl (C=O) groups excluding carboxylic acids is 3. The van der Waals surface area contributed by atoms with Crippen LogP contribution in [-0.2, 0) is 36.8 Å². The van der Waals surface area contributed by atoms with Gasteiger partial charge in [0.15, 0.2) is 0 Å². The Morgan fingerprint density at radius 1 is 0.744 bits per heavy atom. The molecule has 0 saturated carbocycles. The van der Waals surface area contributed by atoms with Crippen LogP contribution >= 0.6 is 11.8 Å². The standard InChI is InChI=1S/C27H34N4O7S/c1-39-13-12-20(27(37)38)29-25(35)22(15-18-10-6-3-7-11-18)31-26(36)21(14-17-8-4-2-5-9-17)30-24(34)19(28)16-23(32)33/h2-11,19-22H,12-16,28H2,1H3,(H,29,35)(H,30,34)(H,31,36)(H,32,33)(H,37,38). The third-order valence-corrected chi connectivity index (χ3v) is 6.43. The molecule has 4 atom stereocenters. The lowest BCUT2D eigenvalue weighted by atomic mass is 10.0. The van der Waals surface area contributed by atoms with Gasteiger partial charge in [-0.15, -0.1) is 0 Å². The van der Waals surface area contributed by atoms with Crippen LogP contribution in [0.5, 0.6) is 0 Å². The Bertz CT molecular complexity index is 1120. The van der Waals surface area contributed by atoms with E-state index in [4.69, 9.17) is 10.8 Å². The summed E-state index contributed by atoms with van der Waals surface area (Å²) in [7, 11) is 0. The molecule has 0 aliphatic heterocycles. The van der Waals surface area contributed by atoms with Gasteiger partial charge in [-0.3, -0.25) is 19.2 Å². The van der Waals surface area contributed by atoms with Gasteiger partial charge in [-0.2, -0.15) is 11.8 Å². The number of rotatable bonds is 16. The molecule has 0 aliphatic rings. The maximum absolute atomic E-state index is 13.4. The summed E-state index contributed by atoms with van der Waals surface area (Å²) in [5.74, 6) is -4.18. The second kappa shape index (κ2) is 16.1. The molecule has 12 heteroatoms. The van der Waals surface area contributed by atoms with Gasteiger partial charge in [0.1, 0.15) is 18.1 Å². The first-order valence-electron chi connectivity index (χ1n) is 12.3. The number of aliphatic carboxylic acids is 2. The van der Waals surface area contributed by atoms with Crippen LogP contribution in [0.25, 0.3) is 0 Å². The van der Waals surface area contributed by atoms with Gasteiger partial charge in [0.25, 0.3) is 0 Å². The molecule has 0 aliphatic carbocycles. The molecule has 2 rings (SSSR count). The molecule has 2 aromatic carbocycles. The molecule has 0 heterocycles. The van der Waals surface area contributed by atoms with Crippen LogP contribution in [-0.4, -0.2) is 76.0 Å². The minimum atomic E-state index is -1.38. The second-order valence-corrected chi connectivity index (χ2v) is 9.87. The highest BCUT2D eigenvalue weighted by Gasteiger charge is 2.31. The van der Waals surface area contributed by atoms with Crippen molar-refractivity contribution in [3.8, 4) is 0 Å². The predicted molar refractivity (Wildman–Crippen MR) is 147 cm³/mol. The second-order valence-electron chi connectivity index (χ2n) is 8.89. The van der Waals surface area contributed by atoms with Crippen LogP contribution in [0.15, 0.2) is 60.7 Å². The Morgan fingerprint density at radius 2 is 1.18 bits per heavy atom. The maximum atomic E-state index is 13.4. The first-order valence-corrected chi connectivity index (χ1v) is 13.7. The van der Waals surface area contributed by atoms with Gasteiger partial charge in [-0.05, 0) is 29.6 Å². The van der Waals surface area contributed by atoms with E-state index in [-0.39, 0.29) is 19.3 Å². The quantitative estimate of drug-likeness (QED) is 0.171. The Kier molecular flexibility index (Phi) is 13.0. The minimum absolute atomic E-state index is 0.0450. The molecule has 2 aromatic rings. The van der Waals surface area contributed by atoms with Gasteiger partial charge in [0.2, 0.25) is 17.7 Å². The SMILES string of the molecule is CSCCC(NC(=O)C(Cc1ccccc1)NC(=O)C(Cc1ccccc1)NC(=O)C(N)CC(=O)O)C(=O)O. The van der Waals surface area contributed by atoms with Crippen LogP contribution < -0.4 is 21.7 Å². The molecule has 0 radical (unpaired) electrons. The van der Waals surface area contributed by atoms with Gasteiger partial charge in [0.05, 0.1) is 12.5 Å². The summed E-state index contributed by atoms with van der Waals surface area (Å²) in [5.41, 5.74) is 7.12. The minimum Gasteiger partial charge on any atom is -0.481 e. The number of hydrogen-bond donors (Lipinski definition) is 6. The molecule has 0 bridgehead atoms. The Morgan fingerprint density at radius 3 is 1.59 bits per heavy atom. The summed E-state index contributed by atoms with van der Waals surface area (Å²) in [6, 6.07) is 12.8. The van der Waals surface area contributed by atoms with Gasteiger partial charge < -0.3 is 31.9 Å². The molecule has 11 nitrogen and oxygen atoms in total. The van der Waals surface area contributed by atoms with Crippen molar-refractivity contribution in [2.24, 2.45) is 5.73 Å². The smallest absolute Gasteiger partial charge is 0.326 e. The number of amides is 3. The highest BCUT2D eigenvalue weighted by atomic mass is 32.2. The zero-order valence-electron chi connectivity index (χ0n) is 21.5. The van der Waals surface area contributed by atoms with E-state index in [1.807, 2.05) is 6.26 Å². The molecular formula is C27H34N4O7S. The zero-order valence-corrected chi connectivity index (χ0v) is 22.4. The average molecular weight is 559 g/mol. The summed E-state index contributed by atoms with van der Waals surface area (Å²) >= 11 is 1.44. The van der Waals surface area contributed by atoms with Crippen molar-refractivity contribution in [2.45, 2.75) is 49.9 Å². The third kappa shape index (κ3) is 11.2. The fourth-order valence-corrected chi connectivity index (χ4v) is 4.19. The number of thioether (sulfide) groups is 1. The summed E-state index contributed by atoms with van der Waals surface area (Å²) < 4.78 is 0. The van der Waals surface area contributed by atoms with Gasteiger partial charge >= 0.3 is 11.9 Å². The molecule has 3 amide bonds. The lowest BCUT2D eigenvalue weighted by molar-refractivity contribution is -0.142. The van der Waals surface area contributed by atoms with E-state index in [0.717, 1.165) is 5.56 Å². The molecule has 4 unspecified atom stereocenters. The molecule has 0 spiro atoms. The van der Waals surface area contributed by atoms with E-state index >= 15 is 0 Å². The van der Waals surface area contributed by atoms with Crippen molar-refractivity contribution in [3.63, 3.8) is 0 Å². The number of carbonyl (C=O) groups is 5. The van der Waals surface area contributed by atoms with Crippen molar-refractivity contribution in [2.75, 3.05) is 12.0 Å². The number of carboxylic acid groups (broad SMARTS) is 2. The van der Waals surface area contributed by atoms with E-state index in [9.17, 15) is 29.1 Å². The number of carboxylic acids is 2. The first-order chi connectivity index (χ1) is 18.6. The van der Waals surface area contributed by atoms with Gasteiger partial charge in [-0.1, -0.05) is 60.7 Å². The Hall–Kier alpha value is -3.90. The maximum Gasteiger partial charge on any atom is 0.326 e. The highest BCUT2D eigenvalue weighted by Crippen LogP contribution is 2.09. The number of hydrogen-bond acceptors (Lipinski definition) is 7. The lowest BCUT2D eigenvalue weighted by Gasteiger charge is -2.25. The monoisotopic (exact) mass is 558 g/mol. The molecule has 0 aromatic heterocycles. The van der Waals surface area contributed by atoms with Crippen molar-refractivity contribution < 1.29 is 34.2 Å². The molecule has 0 fully saturated rings. The molecular weight excluding hydrogens is 524 g/mol. The average Bonchev–Trinajstić information content (AvgIpc) is 2.90. The van der Waals surface area contributed by atoms with E-state index < -0.39 is 60.2 Å². The largest absolute Gasteiger partial charge is 0.481 e. The van der Waals surface area contributed by atoms with Crippen molar-refractivity contribution >= 4 is 41.4 Å². The fourth-order valence-electron chi connectivity index (χ4n) is 3.72. The normalized spacial score (nSPS) is 13.8.